The zero-order chi connectivity index (χ0) is 18.4. The fourth-order valence-electron chi connectivity index (χ4n) is 4.46. The maximum absolute atomic E-state index is 9.83. The molecule has 3 aromatic rings. The third kappa shape index (κ3) is 2.47. The topological polar surface area (TPSA) is 65.9 Å². The highest BCUT2D eigenvalue weighted by Gasteiger charge is 2.28. The van der Waals surface area contributed by atoms with Crippen LogP contribution in [0.25, 0.3) is 11.3 Å². The fourth-order valence-corrected chi connectivity index (χ4v) is 4.46. The monoisotopic (exact) mass is 352 g/mol. The number of anilines is 2. The largest absolute Gasteiger partial charge is 0.383 e. The van der Waals surface area contributed by atoms with Crippen LogP contribution in [0, 0.1) is 11.3 Å². The molecule has 1 aromatic heterocycles. The first-order valence-corrected chi connectivity index (χ1v) is 9.38. The molecule has 2 aliphatic rings. The average molecular weight is 352 g/mol. The number of nitrogens with zero attached hydrogens (tertiary/aromatic N) is 3. The van der Waals surface area contributed by atoms with Crippen LogP contribution in [0.2, 0.25) is 0 Å². The van der Waals surface area contributed by atoms with E-state index >= 15 is 0 Å². The number of nitriles is 1. The number of rotatable bonds is 1. The SMILES string of the molecule is N#Cc1c(N)nc2c(c1N1CCc3ccccc3C1)CCc1ccccc1-2. The van der Waals surface area contributed by atoms with Gasteiger partial charge in [-0.05, 0) is 36.0 Å². The van der Waals surface area contributed by atoms with Gasteiger partial charge in [0.2, 0.25) is 0 Å². The van der Waals surface area contributed by atoms with Crippen molar-refractivity contribution in [2.75, 3.05) is 17.2 Å². The van der Waals surface area contributed by atoms with E-state index in [-0.39, 0.29) is 0 Å². The van der Waals surface area contributed by atoms with Crippen molar-refractivity contribution < 1.29 is 0 Å². The molecule has 2 aromatic carbocycles. The van der Waals surface area contributed by atoms with Crippen LogP contribution < -0.4 is 10.6 Å². The van der Waals surface area contributed by atoms with E-state index in [4.69, 9.17) is 5.73 Å². The van der Waals surface area contributed by atoms with Crippen LogP contribution in [0.5, 0.6) is 0 Å². The highest BCUT2D eigenvalue weighted by molar-refractivity contribution is 5.83. The van der Waals surface area contributed by atoms with Gasteiger partial charge in [0.1, 0.15) is 17.5 Å². The summed E-state index contributed by atoms with van der Waals surface area (Å²) in [5.74, 6) is 0.335. The van der Waals surface area contributed by atoms with Crippen molar-refractivity contribution in [3.8, 4) is 17.3 Å². The molecule has 0 saturated heterocycles. The second-order valence-corrected chi connectivity index (χ2v) is 7.26. The van der Waals surface area contributed by atoms with Crippen LogP contribution in [-0.2, 0) is 25.8 Å². The van der Waals surface area contributed by atoms with Gasteiger partial charge in [0.05, 0.1) is 11.4 Å². The standard InChI is InChI=1S/C23H20N4/c24-13-20-22(27-12-11-15-5-1-2-7-17(15)14-27)19-10-9-16-6-3-4-8-18(16)21(19)26-23(20)25/h1-8H,9-12,14H2,(H2,25,26). The minimum absolute atomic E-state index is 0.335. The molecule has 0 saturated carbocycles. The molecule has 0 spiro atoms. The minimum Gasteiger partial charge on any atom is -0.383 e. The molecular weight excluding hydrogens is 332 g/mol. The van der Waals surface area contributed by atoms with Crippen LogP contribution in [0.15, 0.2) is 48.5 Å². The number of fused-ring (bicyclic) bond motifs is 4. The molecule has 0 unspecified atom stereocenters. The molecular formula is C23H20N4. The normalized spacial score (nSPS) is 14.7. The Hall–Kier alpha value is -3.32. The van der Waals surface area contributed by atoms with Crippen molar-refractivity contribution >= 4 is 11.5 Å². The second kappa shape index (κ2) is 6.14. The van der Waals surface area contributed by atoms with Gasteiger partial charge in [-0.25, -0.2) is 4.98 Å². The lowest BCUT2D eigenvalue weighted by Crippen LogP contribution is -2.32. The van der Waals surface area contributed by atoms with Crippen molar-refractivity contribution in [2.24, 2.45) is 0 Å². The molecule has 2 heterocycles. The van der Waals surface area contributed by atoms with Gasteiger partial charge >= 0.3 is 0 Å². The Kier molecular flexibility index (Phi) is 3.61. The van der Waals surface area contributed by atoms with E-state index in [0.717, 1.165) is 49.3 Å². The molecule has 0 radical (unpaired) electrons. The first kappa shape index (κ1) is 15.9. The molecule has 2 N–H and O–H groups in total. The Morgan fingerprint density at radius 3 is 2.48 bits per heavy atom. The zero-order valence-electron chi connectivity index (χ0n) is 15.1. The summed E-state index contributed by atoms with van der Waals surface area (Å²) in [6.07, 6.45) is 2.84. The Morgan fingerprint density at radius 1 is 0.926 bits per heavy atom. The van der Waals surface area contributed by atoms with Crippen LogP contribution in [0.1, 0.15) is 27.8 Å². The van der Waals surface area contributed by atoms with Gasteiger partial charge in [-0.3, -0.25) is 0 Å². The van der Waals surface area contributed by atoms with E-state index in [1.807, 2.05) is 6.07 Å². The molecule has 0 bridgehead atoms. The quantitative estimate of drug-likeness (QED) is 0.722. The Morgan fingerprint density at radius 2 is 1.67 bits per heavy atom. The summed E-state index contributed by atoms with van der Waals surface area (Å²) < 4.78 is 0. The van der Waals surface area contributed by atoms with Gasteiger partial charge in [0, 0.05) is 24.2 Å². The molecule has 4 nitrogen and oxygen atoms in total. The lowest BCUT2D eigenvalue weighted by atomic mass is 9.86. The summed E-state index contributed by atoms with van der Waals surface area (Å²) in [4.78, 5) is 6.98. The zero-order valence-corrected chi connectivity index (χ0v) is 15.1. The summed E-state index contributed by atoms with van der Waals surface area (Å²) in [6, 6.07) is 19.3. The van der Waals surface area contributed by atoms with E-state index in [2.05, 4.69) is 58.4 Å². The third-order valence-electron chi connectivity index (χ3n) is 5.77. The van der Waals surface area contributed by atoms with E-state index in [9.17, 15) is 5.26 Å². The third-order valence-corrected chi connectivity index (χ3v) is 5.77. The maximum atomic E-state index is 9.83. The van der Waals surface area contributed by atoms with E-state index < -0.39 is 0 Å². The predicted octanol–water partition coefficient (Wildman–Crippen LogP) is 3.86. The Labute approximate surface area is 158 Å². The van der Waals surface area contributed by atoms with Crippen molar-refractivity contribution in [2.45, 2.75) is 25.8 Å². The maximum Gasteiger partial charge on any atom is 0.144 e. The highest BCUT2D eigenvalue weighted by Crippen LogP contribution is 2.41. The fraction of sp³-hybridized carbons (Fsp3) is 0.217. The minimum atomic E-state index is 0.335. The van der Waals surface area contributed by atoms with E-state index in [0.29, 0.717) is 11.4 Å². The highest BCUT2D eigenvalue weighted by atomic mass is 15.1. The molecule has 1 aliphatic heterocycles. The van der Waals surface area contributed by atoms with E-state index in [1.54, 1.807) is 0 Å². The molecule has 0 atom stereocenters. The number of nitrogens with two attached hydrogens (primary N) is 1. The van der Waals surface area contributed by atoms with Crippen molar-refractivity contribution in [1.82, 2.24) is 4.98 Å². The first-order chi connectivity index (χ1) is 13.3. The van der Waals surface area contributed by atoms with Crippen molar-refractivity contribution in [3.63, 3.8) is 0 Å². The number of aryl methyl sites for hydroxylation is 1. The van der Waals surface area contributed by atoms with E-state index in [1.165, 1.54) is 22.3 Å². The van der Waals surface area contributed by atoms with Gasteiger partial charge in [-0.1, -0.05) is 48.5 Å². The molecule has 5 rings (SSSR count). The van der Waals surface area contributed by atoms with Crippen LogP contribution in [0.4, 0.5) is 11.5 Å². The van der Waals surface area contributed by atoms with Crippen LogP contribution >= 0.6 is 0 Å². The van der Waals surface area contributed by atoms with Gasteiger partial charge in [0.25, 0.3) is 0 Å². The lowest BCUT2D eigenvalue weighted by Gasteiger charge is -2.34. The first-order valence-electron chi connectivity index (χ1n) is 9.38. The summed E-state index contributed by atoms with van der Waals surface area (Å²) in [7, 11) is 0. The second-order valence-electron chi connectivity index (χ2n) is 7.26. The number of hydrogen-bond donors (Lipinski definition) is 1. The smallest absolute Gasteiger partial charge is 0.144 e. The molecule has 132 valence electrons. The van der Waals surface area contributed by atoms with Gasteiger partial charge in [-0.15, -0.1) is 0 Å². The molecule has 4 heteroatoms. The molecule has 0 fully saturated rings. The number of pyridine rings is 1. The predicted molar refractivity (Wildman–Crippen MR) is 107 cm³/mol. The Bertz CT molecular complexity index is 1090. The van der Waals surface area contributed by atoms with Crippen molar-refractivity contribution in [3.05, 3.63) is 76.3 Å². The number of hydrogen-bond acceptors (Lipinski definition) is 4. The average Bonchev–Trinajstić information content (AvgIpc) is 2.72. The van der Waals surface area contributed by atoms with Gasteiger partial charge in [0.15, 0.2) is 0 Å². The van der Waals surface area contributed by atoms with Gasteiger partial charge in [-0.2, -0.15) is 5.26 Å². The van der Waals surface area contributed by atoms with Crippen LogP contribution in [-0.4, -0.2) is 11.5 Å². The van der Waals surface area contributed by atoms with Crippen molar-refractivity contribution in [1.29, 1.82) is 5.26 Å². The summed E-state index contributed by atoms with van der Waals surface area (Å²) in [5, 5.41) is 9.83. The number of aromatic nitrogens is 1. The summed E-state index contributed by atoms with van der Waals surface area (Å²) >= 11 is 0. The summed E-state index contributed by atoms with van der Waals surface area (Å²) in [6.45, 7) is 1.70. The Balaban J connectivity index is 1.70. The molecule has 27 heavy (non-hydrogen) atoms. The summed E-state index contributed by atoms with van der Waals surface area (Å²) in [5.41, 5.74) is 15.0. The molecule has 1 aliphatic carbocycles. The van der Waals surface area contributed by atoms with Crippen LogP contribution in [0.3, 0.4) is 0 Å². The number of benzene rings is 2. The lowest BCUT2D eigenvalue weighted by molar-refractivity contribution is 0.723. The van der Waals surface area contributed by atoms with Gasteiger partial charge < -0.3 is 10.6 Å². The number of nitrogen functional groups attached to an aromatic ring is 1. The molecule has 0 amide bonds.